The lowest BCUT2D eigenvalue weighted by molar-refractivity contribution is -0.119. The minimum Gasteiger partial charge on any atom is -0.369 e. The zero-order chi connectivity index (χ0) is 15.5. The summed E-state index contributed by atoms with van der Waals surface area (Å²) in [5.74, 6) is -0.227. The molecule has 1 amide bonds. The summed E-state index contributed by atoms with van der Waals surface area (Å²) >= 11 is 1.90. The average Bonchev–Trinajstić information content (AvgIpc) is 2.86. The van der Waals surface area contributed by atoms with Gasteiger partial charge < -0.3 is 11.1 Å². The molecule has 0 atom stereocenters. The second kappa shape index (κ2) is 6.90. The smallest absolute Gasteiger partial charge is 0.231 e. The van der Waals surface area contributed by atoms with Gasteiger partial charge in [-0.1, -0.05) is 20.8 Å². The first-order valence-electron chi connectivity index (χ1n) is 7.68. The summed E-state index contributed by atoms with van der Waals surface area (Å²) in [4.78, 5) is 15.9. The maximum Gasteiger partial charge on any atom is 0.231 e. The molecule has 1 fully saturated rings. The zero-order valence-corrected chi connectivity index (χ0v) is 14.1. The minimum absolute atomic E-state index is 0.227. The highest BCUT2D eigenvalue weighted by Gasteiger charge is 2.20. The van der Waals surface area contributed by atoms with Crippen molar-refractivity contribution >= 4 is 17.2 Å². The molecule has 1 aromatic rings. The lowest BCUT2D eigenvalue weighted by Gasteiger charge is -2.31. The number of amides is 1. The average molecular weight is 309 g/mol. The van der Waals surface area contributed by atoms with Gasteiger partial charge in [0.25, 0.3) is 0 Å². The van der Waals surface area contributed by atoms with E-state index in [1.807, 2.05) is 11.3 Å². The Bertz CT molecular complexity index is 470. The van der Waals surface area contributed by atoms with Crippen molar-refractivity contribution in [2.45, 2.75) is 51.6 Å². The van der Waals surface area contributed by atoms with Gasteiger partial charge in [-0.2, -0.15) is 0 Å². The molecule has 3 N–H and O–H groups in total. The van der Waals surface area contributed by atoms with Crippen LogP contribution in [0.3, 0.4) is 0 Å². The van der Waals surface area contributed by atoms with Crippen LogP contribution in [0.1, 0.15) is 43.4 Å². The molecule has 0 aromatic carbocycles. The SMILES string of the molecule is CC(C)(C)c1ccc(CNC2CCN(CC(N)=O)CC2)s1. The lowest BCUT2D eigenvalue weighted by Crippen LogP contribution is -2.45. The van der Waals surface area contributed by atoms with Gasteiger partial charge in [-0.15, -0.1) is 11.3 Å². The van der Waals surface area contributed by atoms with E-state index in [4.69, 9.17) is 5.73 Å². The van der Waals surface area contributed by atoms with E-state index < -0.39 is 0 Å². The summed E-state index contributed by atoms with van der Waals surface area (Å²) < 4.78 is 0. The Morgan fingerprint density at radius 2 is 2.05 bits per heavy atom. The molecule has 1 aromatic heterocycles. The standard InChI is InChI=1S/C16H27N3OS/c1-16(2,3)14-5-4-13(21-14)10-18-12-6-8-19(9-7-12)11-15(17)20/h4-5,12,18H,6-11H2,1-3H3,(H2,17,20). The Kier molecular flexibility index (Phi) is 5.41. The summed E-state index contributed by atoms with van der Waals surface area (Å²) in [6, 6.07) is 5.03. The maximum atomic E-state index is 10.9. The number of nitrogens with zero attached hydrogens (tertiary/aromatic N) is 1. The Balaban J connectivity index is 1.75. The predicted molar refractivity (Wildman–Crippen MR) is 88.5 cm³/mol. The van der Waals surface area contributed by atoms with E-state index in [0.717, 1.165) is 32.5 Å². The van der Waals surface area contributed by atoms with Crippen LogP contribution in [0.25, 0.3) is 0 Å². The van der Waals surface area contributed by atoms with Crippen molar-refractivity contribution in [2.75, 3.05) is 19.6 Å². The quantitative estimate of drug-likeness (QED) is 0.875. The van der Waals surface area contributed by atoms with Crippen LogP contribution in [0.4, 0.5) is 0 Å². The first-order valence-corrected chi connectivity index (χ1v) is 8.49. The zero-order valence-electron chi connectivity index (χ0n) is 13.3. The van der Waals surface area contributed by atoms with Crippen LogP contribution in [0.15, 0.2) is 12.1 Å². The van der Waals surface area contributed by atoms with Crippen molar-refractivity contribution in [2.24, 2.45) is 5.73 Å². The monoisotopic (exact) mass is 309 g/mol. The summed E-state index contributed by atoms with van der Waals surface area (Å²) in [5.41, 5.74) is 5.47. The van der Waals surface area contributed by atoms with Crippen molar-refractivity contribution < 1.29 is 4.79 Å². The number of thiophene rings is 1. The number of primary amides is 1. The van der Waals surface area contributed by atoms with Gasteiger partial charge in [0.05, 0.1) is 6.54 Å². The van der Waals surface area contributed by atoms with Crippen molar-refractivity contribution in [3.8, 4) is 0 Å². The number of carbonyl (C=O) groups is 1. The van der Waals surface area contributed by atoms with E-state index >= 15 is 0 Å². The van der Waals surface area contributed by atoms with Crippen LogP contribution in [0.2, 0.25) is 0 Å². The highest BCUT2D eigenvalue weighted by atomic mass is 32.1. The molecular formula is C16H27N3OS. The first kappa shape index (κ1) is 16.5. The first-order chi connectivity index (χ1) is 9.84. The maximum absolute atomic E-state index is 10.9. The van der Waals surface area contributed by atoms with Crippen molar-refractivity contribution in [1.29, 1.82) is 0 Å². The van der Waals surface area contributed by atoms with E-state index in [1.165, 1.54) is 9.75 Å². The van der Waals surface area contributed by atoms with Gasteiger partial charge in [0, 0.05) is 35.4 Å². The van der Waals surface area contributed by atoms with E-state index in [2.05, 4.69) is 43.1 Å². The van der Waals surface area contributed by atoms with Crippen LogP contribution in [0.5, 0.6) is 0 Å². The molecule has 21 heavy (non-hydrogen) atoms. The molecule has 118 valence electrons. The third kappa shape index (κ3) is 5.09. The molecule has 0 saturated carbocycles. The van der Waals surface area contributed by atoms with Gasteiger partial charge in [-0.25, -0.2) is 0 Å². The number of nitrogens with two attached hydrogens (primary N) is 1. The fraction of sp³-hybridized carbons (Fsp3) is 0.688. The molecule has 0 radical (unpaired) electrons. The molecule has 1 aliphatic heterocycles. The molecule has 4 nitrogen and oxygen atoms in total. The van der Waals surface area contributed by atoms with E-state index in [-0.39, 0.29) is 11.3 Å². The molecule has 0 unspecified atom stereocenters. The molecule has 1 aliphatic rings. The number of carbonyl (C=O) groups excluding carboxylic acids is 1. The Morgan fingerprint density at radius 1 is 1.38 bits per heavy atom. The Hall–Kier alpha value is -0.910. The molecule has 2 heterocycles. The largest absolute Gasteiger partial charge is 0.369 e. The van der Waals surface area contributed by atoms with Crippen LogP contribution >= 0.6 is 11.3 Å². The van der Waals surface area contributed by atoms with Gasteiger partial charge in [0.2, 0.25) is 5.91 Å². The van der Waals surface area contributed by atoms with Gasteiger partial charge in [0.1, 0.15) is 0 Å². The summed E-state index contributed by atoms with van der Waals surface area (Å²) in [5, 5.41) is 3.64. The molecule has 5 heteroatoms. The van der Waals surface area contributed by atoms with Gasteiger partial charge in [-0.3, -0.25) is 9.69 Å². The molecule has 1 saturated heterocycles. The van der Waals surface area contributed by atoms with Crippen molar-refractivity contribution in [1.82, 2.24) is 10.2 Å². The van der Waals surface area contributed by atoms with E-state index in [0.29, 0.717) is 12.6 Å². The normalized spacial score (nSPS) is 18.0. The minimum atomic E-state index is -0.227. The van der Waals surface area contributed by atoms with E-state index in [1.54, 1.807) is 0 Å². The second-order valence-electron chi connectivity index (χ2n) is 6.91. The second-order valence-corrected chi connectivity index (χ2v) is 8.08. The van der Waals surface area contributed by atoms with E-state index in [9.17, 15) is 4.79 Å². The highest BCUT2D eigenvalue weighted by molar-refractivity contribution is 7.12. The van der Waals surface area contributed by atoms with Gasteiger partial charge >= 0.3 is 0 Å². The van der Waals surface area contributed by atoms with Crippen molar-refractivity contribution in [3.63, 3.8) is 0 Å². The summed E-state index contributed by atoms with van der Waals surface area (Å²) in [6.45, 7) is 10.0. The Morgan fingerprint density at radius 3 is 2.57 bits per heavy atom. The molecule has 2 rings (SSSR count). The Labute approximate surface area is 131 Å². The fourth-order valence-electron chi connectivity index (χ4n) is 2.64. The molecule has 0 spiro atoms. The number of nitrogens with one attached hydrogen (secondary N) is 1. The van der Waals surface area contributed by atoms with Crippen LogP contribution in [0, 0.1) is 0 Å². The van der Waals surface area contributed by atoms with Gasteiger partial charge in [-0.05, 0) is 30.4 Å². The fourth-order valence-corrected chi connectivity index (χ4v) is 3.65. The lowest BCUT2D eigenvalue weighted by atomic mass is 9.95. The predicted octanol–water partition coefficient (Wildman–Crippen LogP) is 2.08. The number of likely N-dealkylation sites (tertiary alicyclic amines) is 1. The molecular weight excluding hydrogens is 282 g/mol. The van der Waals surface area contributed by atoms with Crippen LogP contribution in [-0.4, -0.2) is 36.5 Å². The third-order valence-electron chi connectivity index (χ3n) is 3.93. The molecule has 0 bridgehead atoms. The topological polar surface area (TPSA) is 58.4 Å². The molecule has 0 aliphatic carbocycles. The highest BCUT2D eigenvalue weighted by Crippen LogP contribution is 2.29. The summed E-state index contributed by atoms with van der Waals surface area (Å²) in [6.07, 6.45) is 2.18. The summed E-state index contributed by atoms with van der Waals surface area (Å²) in [7, 11) is 0. The number of hydrogen-bond acceptors (Lipinski definition) is 4. The number of piperidine rings is 1. The van der Waals surface area contributed by atoms with Crippen molar-refractivity contribution in [3.05, 3.63) is 21.9 Å². The van der Waals surface area contributed by atoms with Gasteiger partial charge in [0.15, 0.2) is 0 Å². The number of hydrogen-bond donors (Lipinski definition) is 2. The third-order valence-corrected chi connectivity index (χ3v) is 5.44. The van der Waals surface area contributed by atoms with Crippen LogP contribution < -0.4 is 11.1 Å². The number of rotatable bonds is 5. The van der Waals surface area contributed by atoms with Crippen LogP contribution in [-0.2, 0) is 16.8 Å².